The second kappa shape index (κ2) is 5.77. The molecule has 1 saturated carbocycles. The number of carbonyl (C=O) groups is 1. The summed E-state index contributed by atoms with van der Waals surface area (Å²) in [5.41, 5.74) is 8.58. The number of fused-ring (bicyclic) bond motifs is 1. The first-order valence-electron chi connectivity index (χ1n) is 8.27. The zero-order valence-electron chi connectivity index (χ0n) is 13.0. The molecule has 4 rings (SSSR count). The van der Waals surface area contributed by atoms with Crippen LogP contribution in [0.2, 0.25) is 5.02 Å². The van der Waals surface area contributed by atoms with E-state index < -0.39 is 0 Å². The molecule has 2 N–H and O–H groups in total. The highest BCUT2D eigenvalue weighted by atomic mass is 35.5. The maximum Gasteiger partial charge on any atom is 0.254 e. The molecule has 2 heterocycles. The Kier molecular flexibility index (Phi) is 3.74. The Labute approximate surface area is 140 Å². The average molecular weight is 330 g/mol. The van der Waals surface area contributed by atoms with Gasteiger partial charge >= 0.3 is 0 Å². The molecule has 1 aliphatic carbocycles. The number of likely N-dealkylation sites (tertiary alicyclic amines) is 1. The van der Waals surface area contributed by atoms with Gasteiger partial charge in [-0.1, -0.05) is 11.6 Å². The molecular formula is C18H20ClN3O. The van der Waals surface area contributed by atoms with Crippen molar-refractivity contribution in [2.45, 2.75) is 37.6 Å². The first-order chi connectivity index (χ1) is 11.1. The van der Waals surface area contributed by atoms with Crippen molar-refractivity contribution < 1.29 is 4.79 Å². The van der Waals surface area contributed by atoms with Crippen LogP contribution in [0.25, 0.3) is 10.9 Å². The predicted molar refractivity (Wildman–Crippen MR) is 91.8 cm³/mol. The molecule has 0 spiro atoms. The maximum atomic E-state index is 13.0. The number of hydrogen-bond donors (Lipinski definition) is 1. The standard InChI is InChI=1S/C18H20ClN3O/c19-12-3-4-16-14(9-12)15(10-17(21-16)11-1-2-11)18(23)22-7-5-13(20)6-8-22/h3-4,9-11,13H,1-2,5-8,20H2. The first kappa shape index (κ1) is 14.9. The van der Waals surface area contributed by atoms with Crippen molar-refractivity contribution in [2.75, 3.05) is 13.1 Å². The van der Waals surface area contributed by atoms with E-state index in [0.717, 1.165) is 60.9 Å². The summed E-state index contributed by atoms with van der Waals surface area (Å²) in [7, 11) is 0. The molecule has 2 fully saturated rings. The van der Waals surface area contributed by atoms with Crippen molar-refractivity contribution in [1.82, 2.24) is 9.88 Å². The van der Waals surface area contributed by atoms with Crippen LogP contribution in [-0.2, 0) is 0 Å². The maximum absolute atomic E-state index is 13.0. The second-order valence-electron chi connectivity index (χ2n) is 6.66. The molecule has 120 valence electrons. The molecule has 1 aliphatic heterocycles. The van der Waals surface area contributed by atoms with Gasteiger partial charge in [0.25, 0.3) is 5.91 Å². The van der Waals surface area contributed by atoms with Crippen LogP contribution in [0.15, 0.2) is 24.3 Å². The van der Waals surface area contributed by atoms with E-state index in [9.17, 15) is 4.79 Å². The van der Waals surface area contributed by atoms with Crippen molar-refractivity contribution in [3.8, 4) is 0 Å². The lowest BCUT2D eigenvalue weighted by Crippen LogP contribution is -2.42. The summed E-state index contributed by atoms with van der Waals surface area (Å²) in [5, 5.41) is 1.48. The van der Waals surface area contributed by atoms with E-state index in [-0.39, 0.29) is 11.9 Å². The fourth-order valence-corrected chi connectivity index (χ4v) is 3.43. The van der Waals surface area contributed by atoms with Gasteiger partial charge in [0.1, 0.15) is 0 Å². The monoisotopic (exact) mass is 329 g/mol. The fraction of sp³-hybridized carbons (Fsp3) is 0.444. The number of amides is 1. The summed E-state index contributed by atoms with van der Waals surface area (Å²) in [6, 6.07) is 7.79. The molecule has 2 aliphatic rings. The molecule has 0 radical (unpaired) electrons. The molecule has 23 heavy (non-hydrogen) atoms. The third-order valence-corrected chi connectivity index (χ3v) is 5.08. The van der Waals surface area contributed by atoms with Crippen LogP contribution in [0.5, 0.6) is 0 Å². The highest BCUT2D eigenvalue weighted by Gasteiger charge is 2.29. The van der Waals surface area contributed by atoms with Gasteiger partial charge in [0.2, 0.25) is 0 Å². The Balaban J connectivity index is 1.77. The van der Waals surface area contributed by atoms with Crippen LogP contribution in [0.3, 0.4) is 0 Å². The van der Waals surface area contributed by atoms with Gasteiger partial charge in [-0.2, -0.15) is 0 Å². The van der Waals surface area contributed by atoms with Gasteiger partial charge < -0.3 is 10.6 Å². The van der Waals surface area contributed by atoms with Crippen molar-refractivity contribution in [3.05, 3.63) is 40.5 Å². The highest BCUT2D eigenvalue weighted by Crippen LogP contribution is 2.40. The van der Waals surface area contributed by atoms with Crippen LogP contribution in [-0.4, -0.2) is 34.9 Å². The molecule has 0 atom stereocenters. The summed E-state index contributed by atoms with van der Waals surface area (Å²) in [5.74, 6) is 0.588. The number of nitrogens with zero attached hydrogens (tertiary/aromatic N) is 2. The van der Waals surface area contributed by atoms with E-state index in [1.165, 1.54) is 0 Å². The summed E-state index contributed by atoms with van der Waals surface area (Å²) < 4.78 is 0. The second-order valence-corrected chi connectivity index (χ2v) is 7.10. The first-order valence-corrected chi connectivity index (χ1v) is 8.64. The van der Waals surface area contributed by atoms with E-state index in [1.54, 1.807) is 0 Å². The van der Waals surface area contributed by atoms with E-state index in [2.05, 4.69) is 0 Å². The Morgan fingerprint density at radius 1 is 1.17 bits per heavy atom. The van der Waals surface area contributed by atoms with Crippen LogP contribution in [0.4, 0.5) is 0 Å². The van der Waals surface area contributed by atoms with Gasteiger partial charge in [-0.3, -0.25) is 9.78 Å². The van der Waals surface area contributed by atoms with Gasteiger partial charge in [-0.15, -0.1) is 0 Å². The largest absolute Gasteiger partial charge is 0.339 e. The van der Waals surface area contributed by atoms with Crippen LogP contribution >= 0.6 is 11.6 Å². The summed E-state index contributed by atoms with van der Waals surface area (Å²) in [4.78, 5) is 19.7. The average Bonchev–Trinajstić information content (AvgIpc) is 3.39. The number of piperidine rings is 1. The SMILES string of the molecule is NC1CCN(C(=O)c2cc(C3CC3)nc3ccc(Cl)cc23)CC1. The number of carbonyl (C=O) groups excluding carboxylic acids is 1. The third kappa shape index (κ3) is 2.93. The molecule has 4 nitrogen and oxygen atoms in total. The molecule has 0 bridgehead atoms. The summed E-state index contributed by atoms with van der Waals surface area (Å²) in [6.07, 6.45) is 4.06. The molecule has 2 aromatic rings. The number of aromatic nitrogens is 1. The van der Waals surface area contributed by atoms with Crippen molar-refractivity contribution in [3.63, 3.8) is 0 Å². The Hall–Kier alpha value is -1.65. The molecule has 0 unspecified atom stereocenters. The smallest absolute Gasteiger partial charge is 0.254 e. The molecule has 1 amide bonds. The van der Waals surface area contributed by atoms with Gasteiger partial charge in [-0.05, 0) is 49.9 Å². The van der Waals surface area contributed by atoms with Crippen LogP contribution in [0, 0.1) is 0 Å². The van der Waals surface area contributed by atoms with Gasteiger partial charge in [-0.25, -0.2) is 0 Å². The summed E-state index contributed by atoms with van der Waals surface area (Å²) >= 11 is 6.15. The molecule has 1 aromatic carbocycles. The van der Waals surface area contributed by atoms with Gasteiger partial charge in [0.05, 0.1) is 11.1 Å². The van der Waals surface area contributed by atoms with E-state index in [0.29, 0.717) is 10.9 Å². The van der Waals surface area contributed by atoms with Crippen LogP contribution < -0.4 is 5.73 Å². The van der Waals surface area contributed by atoms with E-state index >= 15 is 0 Å². The van der Waals surface area contributed by atoms with Crippen LogP contribution in [0.1, 0.15) is 47.7 Å². The summed E-state index contributed by atoms with van der Waals surface area (Å²) in [6.45, 7) is 1.45. The zero-order valence-corrected chi connectivity index (χ0v) is 13.7. The van der Waals surface area contributed by atoms with Crippen molar-refractivity contribution in [2.24, 2.45) is 5.73 Å². The van der Waals surface area contributed by atoms with E-state index in [1.807, 2.05) is 29.2 Å². The number of hydrogen-bond acceptors (Lipinski definition) is 3. The quantitative estimate of drug-likeness (QED) is 0.919. The molecule has 1 aromatic heterocycles. The minimum atomic E-state index is 0.0773. The lowest BCUT2D eigenvalue weighted by Gasteiger charge is -2.30. The lowest BCUT2D eigenvalue weighted by atomic mass is 10.0. The molecule has 1 saturated heterocycles. The number of nitrogens with two attached hydrogens (primary N) is 1. The topological polar surface area (TPSA) is 59.2 Å². The number of benzene rings is 1. The Bertz CT molecular complexity index is 764. The Morgan fingerprint density at radius 2 is 1.91 bits per heavy atom. The molecular weight excluding hydrogens is 310 g/mol. The van der Waals surface area contributed by atoms with Crippen molar-refractivity contribution >= 4 is 28.4 Å². The third-order valence-electron chi connectivity index (χ3n) is 4.84. The fourth-order valence-electron chi connectivity index (χ4n) is 3.26. The predicted octanol–water partition coefficient (Wildman–Crippen LogP) is 3.33. The minimum absolute atomic E-state index is 0.0773. The number of halogens is 1. The normalized spacial score (nSPS) is 19.3. The lowest BCUT2D eigenvalue weighted by molar-refractivity contribution is 0.0716. The van der Waals surface area contributed by atoms with Gasteiger partial charge in [0.15, 0.2) is 0 Å². The Morgan fingerprint density at radius 3 is 2.61 bits per heavy atom. The number of pyridine rings is 1. The zero-order chi connectivity index (χ0) is 16.0. The van der Waals surface area contributed by atoms with E-state index in [4.69, 9.17) is 22.3 Å². The molecule has 5 heteroatoms. The minimum Gasteiger partial charge on any atom is -0.339 e. The van der Waals surface area contributed by atoms with Gasteiger partial charge in [0, 0.05) is 41.2 Å². The number of rotatable bonds is 2. The van der Waals surface area contributed by atoms with Crippen molar-refractivity contribution in [1.29, 1.82) is 0 Å². The highest BCUT2D eigenvalue weighted by molar-refractivity contribution is 6.31.